The van der Waals surface area contributed by atoms with E-state index in [1.165, 1.54) is 0 Å². The normalized spacial score (nSPS) is 14.5. The van der Waals surface area contributed by atoms with Crippen LogP contribution in [0.2, 0.25) is 0 Å². The van der Waals surface area contributed by atoms with Gasteiger partial charge < -0.3 is 19.8 Å². The summed E-state index contributed by atoms with van der Waals surface area (Å²) < 4.78 is 13.1. The lowest BCUT2D eigenvalue weighted by Crippen LogP contribution is -2.16. The van der Waals surface area contributed by atoms with Gasteiger partial charge in [0.25, 0.3) is 0 Å². The summed E-state index contributed by atoms with van der Waals surface area (Å²) in [4.78, 5) is 8.95. The quantitative estimate of drug-likeness (QED) is 0.803. The molecule has 0 spiro atoms. The first-order valence-electron chi connectivity index (χ1n) is 7.20. The molecule has 1 unspecified atom stereocenters. The van der Waals surface area contributed by atoms with Crippen molar-refractivity contribution in [2.24, 2.45) is 5.73 Å². The zero-order chi connectivity index (χ0) is 15.1. The zero-order valence-corrected chi connectivity index (χ0v) is 12.2. The SMILES string of the molecule is CC(CN)n1c(-c2cccnc2)nc2cc3c(cc21)OCO3. The van der Waals surface area contributed by atoms with Crippen LogP contribution < -0.4 is 15.2 Å². The van der Waals surface area contributed by atoms with Crippen molar-refractivity contribution in [3.8, 4) is 22.9 Å². The Hall–Kier alpha value is -2.60. The number of ether oxygens (including phenoxy) is 2. The van der Waals surface area contributed by atoms with Crippen LogP contribution in [0.5, 0.6) is 11.5 Å². The number of benzene rings is 1. The Labute approximate surface area is 127 Å². The number of hydrogen-bond acceptors (Lipinski definition) is 5. The van der Waals surface area contributed by atoms with Crippen LogP contribution in [0.25, 0.3) is 22.4 Å². The lowest BCUT2D eigenvalue weighted by Gasteiger charge is -2.15. The van der Waals surface area contributed by atoms with Crippen LogP contribution in [0.1, 0.15) is 13.0 Å². The maximum Gasteiger partial charge on any atom is 0.231 e. The molecule has 0 bridgehead atoms. The molecule has 3 aromatic rings. The van der Waals surface area contributed by atoms with E-state index in [1.54, 1.807) is 6.20 Å². The summed E-state index contributed by atoms with van der Waals surface area (Å²) in [5, 5.41) is 0. The van der Waals surface area contributed by atoms with Crippen molar-refractivity contribution in [2.45, 2.75) is 13.0 Å². The van der Waals surface area contributed by atoms with Crippen LogP contribution >= 0.6 is 0 Å². The third-order valence-corrected chi connectivity index (χ3v) is 3.89. The Morgan fingerprint density at radius 2 is 2.14 bits per heavy atom. The average Bonchev–Trinajstić information content (AvgIpc) is 3.16. The Morgan fingerprint density at radius 3 is 2.86 bits per heavy atom. The maximum absolute atomic E-state index is 5.89. The van der Waals surface area contributed by atoms with Crippen LogP contribution in [0.15, 0.2) is 36.7 Å². The molecule has 6 nitrogen and oxygen atoms in total. The van der Waals surface area contributed by atoms with Crippen molar-refractivity contribution in [3.05, 3.63) is 36.7 Å². The molecule has 1 atom stereocenters. The minimum atomic E-state index is 0.112. The van der Waals surface area contributed by atoms with Crippen LogP contribution in [0.4, 0.5) is 0 Å². The third-order valence-electron chi connectivity index (χ3n) is 3.89. The van der Waals surface area contributed by atoms with Gasteiger partial charge in [0.05, 0.1) is 11.0 Å². The molecule has 112 valence electrons. The summed E-state index contributed by atoms with van der Waals surface area (Å²) in [6, 6.07) is 7.89. The molecular weight excluding hydrogens is 280 g/mol. The van der Waals surface area contributed by atoms with Crippen LogP contribution in [-0.2, 0) is 0 Å². The number of imidazole rings is 1. The Balaban J connectivity index is 2.00. The fourth-order valence-electron chi connectivity index (χ4n) is 2.74. The molecule has 0 fully saturated rings. The minimum absolute atomic E-state index is 0.112. The van der Waals surface area contributed by atoms with Crippen molar-refractivity contribution < 1.29 is 9.47 Å². The Kier molecular flexibility index (Phi) is 2.97. The lowest BCUT2D eigenvalue weighted by molar-refractivity contribution is 0.174. The van der Waals surface area contributed by atoms with Crippen molar-refractivity contribution >= 4 is 11.0 Å². The van der Waals surface area contributed by atoms with Gasteiger partial charge in [-0.15, -0.1) is 0 Å². The van der Waals surface area contributed by atoms with Gasteiger partial charge in [-0.05, 0) is 19.1 Å². The van der Waals surface area contributed by atoms with Crippen LogP contribution in [0.3, 0.4) is 0 Å². The predicted molar refractivity (Wildman–Crippen MR) is 82.9 cm³/mol. The van der Waals surface area contributed by atoms with Crippen molar-refractivity contribution in [2.75, 3.05) is 13.3 Å². The van der Waals surface area contributed by atoms with E-state index in [9.17, 15) is 0 Å². The summed E-state index contributed by atoms with van der Waals surface area (Å²) >= 11 is 0. The first-order chi connectivity index (χ1) is 10.8. The Morgan fingerprint density at radius 1 is 1.32 bits per heavy atom. The average molecular weight is 296 g/mol. The van der Waals surface area contributed by atoms with Gasteiger partial charge in [0.2, 0.25) is 6.79 Å². The molecule has 2 aromatic heterocycles. The molecule has 1 aromatic carbocycles. The zero-order valence-electron chi connectivity index (χ0n) is 12.2. The topological polar surface area (TPSA) is 75.2 Å². The third kappa shape index (κ3) is 1.92. The van der Waals surface area contributed by atoms with E-state index in [4.69, 9.17) is 20.2 Å². The van der Waals surface area contributed by atoms with Crippen LogP contribution in [-0.4, -0.2) is 27.9 Å². The number of hydrogen-bond donors (Lipinski definition) is 1. The van der Waals surface area contributed by atoms with Crippen LogP contribution in [0, 0.1) is 0 Å². The van der Waals surface area contributed by atoms with E-state index < -0.39 is 0 Å². The minimum Gasteiger partial charge on any atom is -0.454 e. The van der Waals surface area contributed by atoms with E-state index in [1.807, 2.05) is 30.5 Å². The van der Waals surface area contributed by atoms with E-state index >= 15 is 0 Å². The lowest BCUT2D eigenvalue weighted by atomic mass is 10.2. The molecular formula is C16H16N4O2. The molecule has 1 aliphatic heterocycles. The number of rotatable bonds is 3. The van der Waals surface area contributed by atoms with Crippen molar-refractivity contribution in [3.63, 3.8) is 0 Å². The first kappa shape index (κ1) is 13.1. The van der Waals surface area contributed by atoms with Gasteiger partial charge in [0.1, 0.15) is 5.82 Å². The molecule has 0 aliphatic carbocycles. The summed E-state index contributed by atoms with van der Waals surface area (Å²) in [5.41, 5.74) is 8.70. The van der Waals surface area contributed by atoms with Gasteiger partial charge in [-0.3, -0.25) is 4.98 Å². The highest BCUT2D eigenvalue weighted by atomic mass is 16.7. The molecule has 0 radical (unpaired) electrons. The fraction of sp³-hybridized carbons (Fsp3) is 0.250. The van der Waals surface area contributed by atoms with Crippen molar-refractivity contribution in [1.29, 1.82) is 0 Å². The monoisotopic (exact) mass is 296 g/mol. The maximum atomic E-state index is 5.89. The molecule has 2 N–H and O–H groups in total. The van der Waals surface area contributed by atoms with E-state index in [2.05, 4.69) is 16.5 Å². The van der Waals surface area contributed by atoms with E-state index in [0.717, 1.165) is 33.9 Å². The van der Waals surface area contributed by atoms with Gasteiger partial charge in [0.15, 0.2) is 11.5 Å². The highest BCUT2D eigenvalue weighted by Crippen LogP contribution is 2.38. The second kappa shape index (κ2) is 4.99. The predicted octanol–water partition coefficient (Wildman–Crippen LogP) is 2.35. The van der Waals surface area contributed by atoms with Gasteiger partial charge in [-0.1, -0.05) is 0 Å². The number of fused-ring (bicyclic) bond motifs is 2. The fourth-order valence-corrected chi connectivity index (χ4v) is 2.74. The smallest absolute Gasteiger partial charge is 0.231 e. The van der Waals surface area contributed by atoms with E-state index in [-0.39, 0.29) is 12.8 Å². The number of nitrogens with zero attached hydrogens (tertiary/aromatic N) is 3. The number of aromatic nitrogens is 3. The molecule has 4 rings (SSSR count). The van der Waals surface area contributed by atoms with Gasteiger partial charge in [-0.2, -0.15) is 0 Å². The highest BCUT2D eigenvalue weighted by molar-refractivity contribution is 5.84. The van der Waals surface area contributed by atoms with Gasteiger partial charge >= 0.3 is 0 Å². The van der Waals surface area contributed by atoms with E-state index in [0.29, 0.717) is 6.54 Å². The standard InChI is InChI=1S/C16H16N4O2/c1-10(7-17)20-13-6-15-14(21-9-22-15)5-12(13)19-16(20)11-3-2-4-18-8-11/h2-6,8,10H,7,9,17H2,1H3. The molecule has 0 saturated carbocycles. The van der Waals surface area contributed by atoms with Gasteiger partial charge in [-0.25, -0.2) is 4.98 Å². The van der Waals surface area contributed by atoms with Crippen molar-refractivity contribution in [1.82, 2.24) is 14.5 Å². The first-order valence-corrected chi connectivity index (χ1v) is 7.20. The number of nitrogens with two attached hydrogens (primary N) is 1. The molecule has 0 amide bonds. The van der Waals surface area contributed by atoms with Gasteiger partial charge in [0, 0.05) is 42.7 Å². The largest absolute Gasteiger partial charge is 0.454 e. The molecule has 0 saturated heterocycles. The Bertz CT molecular complexity index is 829. The molecule has 3 heterocycles. The summed E-state index contributed by atoms with van der Waals surface area (Å²) in [5.74, 6) is 2.33. The molecule has 22 heavy (non-hydrogen) atoms. The second-order valence-corrected chi connectivity index (χ2v) is 5.33. The summed E-state index contributed by atoms with van der Waals surface area (Å²) in [6.45, 7) is 2.85. The molecule has 1 aliphatic rings. The second-order valence-electron chi connectivity index (χ2n) is 5.33. The molecule has 6 heteroatoms. The number of pyridine rings is 1. The highest BCUT2D eigenvalue weighted by Gasteiger charge is 2.21. The summed E-state index contributed by atoms with van der Waals surface area (Å²) in [6.07, 6.45) is 3.56. The summed E-state index contributed by atoms with van der Waals surface area (Å²) in [7, 11) is 0.